The highest BCUT2D eigenvalue weighted by atomic mass is 35.5. The zero-order chi connectivity index (χ0) is 24.1. The SMILES string of the molecule is O=C1CCc2cc(S(=O)(=O)N[C@@H](Cc3ccccc3)C(=O)NCc3ccccc3Cl)ccc2N1. The number of hydrogen-bond acceptors (Lipinski definition) is 4. The molecule has 2 amide bonds. The Kier molecular flexibility index (Phi) is 7.31. The lowest BCUT2D eigenvalue weighted by Gasteiger charge is -2.21. The van der Waals surface area contributed by atoms with Crippen LogP contribution in [0.1, 0.15) is 23.1 Å². The summed E-state index contributed by atoms with van der Waals surface area (Å²) in [5.74, 6) is -0.558. The third-order valence-corrected chi connectivity index (χ3v) is 7.43. The largest absolute Gasteiger partial charge is 0.351 e. The van der Waals surface area contributed by atoms with E-state index in [-0.39, 0.29) is 23.8 Å². The molecule has 0 saturated carbocycles. The van der Waals surface area contributed by atoms with Crippen molar-refractivity contribution in [2.75, 3.05) is 5.32 Å². The molecule has 3 aromatic carbocycles. The fraction of sp³-hybridized carbons (Fsp3) is 0.200. The molecular weight excluding hydrogens is 474 g/mol. The van der Waals surface area contributed by atoms with Gasteiger partial charge < -0.3 is 10.6 Å². The van der Waals surface area contributed by atoms with Crippen LogP contribution in [0.4, 0.5) is 5.69 Å². The van der Waals surface area contributed by atoms with E-state index in [1.54, 1.807) is 30.3 Å². The summed E-state index contributed by atoms with van der Waals surface area (Å²) in [5, 5.41) is 6.05. The number of benzene rings is 3. The van der Waals surface area contributed by atoms with Gasteiger partial charge in [0.05, 0.1) is 4.90 Å². The van der Waals surface area contributed by atoms with Gasteiger partial charge in [-0.25, -0.2) is 8.42 Å². The van der Waals surface area contributed by atoms with Gasteiger partial charge in [-0.1, -0.05) is 60.1 Å². The molecule has 0 aromatic heterocycles. The second kappa shape index (κ2) is 10.4. The summed E-state index contributed by atoms with van der Waals surface area (Å²) in [4.78, 5) is 24.7. The fourth-order valence-corrected chi connectivity index (χ4v) is 5.22. The molecule has 1 aliphatic heterocycles. The fourth-order valence-electron chi connectivity index (χ4n) is 3.77. The molecule has 0 aliphatic carbocycles. The minimum absolute atomic E-state index is 0.0411. The van der Waals surface area contributed by atoms with E-state index in [9.17, 15) is 18.0 Å². The molecule has 9 heteroatoms. The van der Waals surface area contributed by atoms with Crippen molar-refractivity contribution in [2.45, 2.75) is 36.7 Å². The van der Waals surface area contributed by atoms with Crippen molar-refractivity contribution in [1.82, 2.24) is 10.0 Å². The van der Waals surface area contributed by atoms with E-state index < -0.39 is 22.0 Å². The van der Waals surface area contributed by atoms with Crippen molar-refractivity contribution in [2.24, 2.45) is 0 Å². The van der Waals surface area contributed by atoms with E-state index in [0.717, 1.165) is 16.7 Å². The van der Waals surface area contributed by atoms with Crippen LogP contribution in [-0.4, -0.2) is 26.3 Å². The van der Waals surface area contributed by atoms with Crippen LogP contribution in [0.2, 0.25) is 5.02 Å². The molecule has 176 valence electrons. The van der Waals surface area contributed by atoms with Crippen LogP contribution in [0.5, 0.6) is 0 Å². The normalized spacial score (nSPS) is 14.1. The molecule has 1 atom stereocenters. The number of nitrogens with one attached hydrogen (secondary N) is 3. The lowest BCUT2D eigenvalue weighted by Crippen LogP contribution is -2.47. The zero-order valence-corrected chi connectivity index (χ0v) is 19.8. The molecule has 0 fully saturated rings. The Bertz CT molecular complexity index is 1310. The summed E-state index contributed by atoms with van der Waals surface area (Å²) >= 11 is 6.18. The van der Waals surface area contributed by atoms with Crippen molar-refractivity contribution in [1.29, 1.82) is 0 Å². The number of aryl methyl sites for hydroxylation is 1. The number of carbonyl (C=O) groups excluding carboxylic acids is 2. The molecule has 3 aromatic rings. The molecule has 1 heterocycles. The van der Waals surface area contributed by atoms with E-state index in [1.807, 2.05) is 36.4 Å². The van der Waals surface area contributed by atoms with E-state index >= 15 is 0 Å². The van der Waals surface area contributed by atoms with Gasteiger partial charge in [0.1, 0.15) is 6.04 Å². The third kappa shape index (κ3) is 5.83. The Balaban J connectivity index is 1.55. The number of halogens is 1. The first-order valence-electron chi connectivity index (χ1n) is 10.8. The highest BCUT2D eigenvalue weighted by Crippen LogP contribution is 2.25. The van der Waals surface area contributed by atoms with Crippen LogP contribution in [0.3, 0.4) is 0 Å². The standard InChI is InChI=1S/C25H24ClN3O4S/c26-21-9-5-4-8-19(21)16-27-25(31)23(14-17-6-2-1-3-7-17)29-34(32,33)20-11-12-22-18(15-20)10-13-24(30)28-22/h1-9,11-12,15,23,29H,10,13-14,16H2,(H,27,31)(H,28,30)/t23-/m0/s1. The number of carbonyl (C=O) groups is 2. The number of rotatable bonds is 8. The van der Waals surface area contributed by atoms with E-state index in [0.29, 0.717) is 23.6 Å². The van der Waals surface area contributed by atoms with Crippen LogP contribution in [0.15, 0.2) is 77.7 Å². The second-order valence-corrected chi connectivity index (χ2v) is 10.2. The summed E-state index contributed by atoms with van der Waals surface area (Å²) in [6.45, 7) is 0.171. The summed E-state index contributed by atoms with van der Waals surface area (Å²) in [6.07, 6.45) is 0.927. The topological polar surface area (TPSA) is 104 Å². The first-order chi connectivity index (χ1) is 16.3. The van der Waals surface area contributed by atoms with E-state index in [1.165, 1.54) is 6.07 Å². The van der Waals surface area contributed by atoms with Crippen LogP contribution in [0, 0.1) is 0 Å². The summed E-state index contributed by atoms with van der Waals surface area (Å²) in [5.41, 5.74) is 2.89. The average molecular weight is 498 g/mol. The quantitative estimate of drug-likeness (QED) is 0.443. The Labute approximate surface area is 203 Å². The van der Waals surface area contributed by atoms with Gasteiger partial charge in [0, 0.05) is 23.7 Å². The summed E-state index contributed by atoms with van der Waals surface area (Å²) in [7, 11) is -4.01. The number of sulfonamides is 1. The summed E-state index contributed by atoms with van der Waals surface area (Å²) in [6, 6.07) is 19.8. The number of hydrogen-bond donors (Lipinski definition) is 3. The van der Waals surface area contributed by atoms with E-state index in [4.69, 9.17) is 11.6 Å². The molecule has 0 bridgehead atoms. The van der Waals surface area contributed by atoms with Crippen molar-refractivity contribution in [3.63, 3.8) is 0 Å². The van der Waals surface area contributed by atoms with Gasteiger partial charge >= 0.3 is 0 Å². The van der Waals surface area contributed by atoms with Crippen molar-refractivity contribution in [3.05, 3.63) is 94.5 Å². The lowest BCUT2D eigenvalue weighted by molar-refractivity contribution is -0.123. The Morgan fingerprint density at radius 3 is 2.50 bits per heavy atom. The molecule has 34 heavy (non-hydrogen) atoms. The predicted octanol–water partition coefficient (Wildman–Crippen LogP) is 3.43. The first kappa shape index (κ1) is 23.9. The third-order valence-electron chi connectivity index (χ3n) is 5.59. The lowest BCUT2D eigenvalue weighted by atomic mass is 10.0. The Morgan fingerprint density at radius 1 is 1.00 bits per heavy atom. The molecule has 3 N–H and O–H groups in total. The first-order valence-corrected chi connectivity index (χ1v) is 12.7. The van der Waals surface area contributed by atoms with Gasteiger partial charge in [-0.15, -0.1) is 0 Å². The Morgan fingerprint density at radius 2 is 1.74 bits per heavy atom. The number of anilines is 1. The minimum atomic E-state index is -4.01. The van der Waals surface area contributed by atoms with Gasteiger partial charge in [0.15, 0.2) is 0 Å². The molecule has 0 radical (unpaired) electrons. The van der Waals surface area contributed by atoms with Gasteiger partial charge in [0.25, 0.3) is 0 Å². The van der Waals surface area contributed by atoms with Gasteiger partial charge in [-0.05, 0) is 53.8 Å². The van der Waals surface area contributed by atoms with Crippen LogP contribution in [0.25, 0.3) is 0 Å². The minimum Gasteiger partial charge on any atom is -0.351 e. The van der Waals surface area contributed by atoms with Crippen LogP contribution < -0.4 is 15.4 Å². The average Bonchev–Trinajstić information content (AvgIpc) is 2.83. The maximum atomic E-state index is 13.2. The number of fused-ring (bicyclic) bond motifs is 1. The zero-order valence-electron chi connectivity index (χ0n) is 18.3. The van der Waals surface area contributed by atoms with Gasteiger partial charge in [0.2, 0.25) is 21.8 Å². The molecule has 0 unspecified atom stereocenters. The summed E-state index contributed by atoms with van der Waals surface area (Å²) < 4.78 is 29.0. The highest BCUT2D eigenvalue weighted by molar-refractivity contribution is 7.89. The smallest absolute Gasteiger partial charge is 0.241 e. The maximum Gasteiger partial charge on any atom is 0.241 e. The van der Waals surface area contributed by atoms with Crippen molar-refractivity contribution < 1.29 is 18.0 Å². The molecule has 7 nitrogen and oxygen atoms in total. The molecule has 0 spiro atoms. The molecule has 1 aliphatic rings. The predicted molar refractivity (Wildman–Crippen MR) is 131 cm³/mol. The molecule has 0 saturated heterocycles. The van der Waals surface area contributed by atoms with Crippen LogP contribution >= 0.6 is 11.6 Å². The highest BCUT2D eigenvalue weighted by Gasteiger charge is 2.27. The molecule has 4 rings (SSSR count). The second-order valence-electron chi connectivity index (χ2n) is 8.04. The Hall–Kier alpha value is -3.20. The monoisotopic (exact) mass is 497 g/mol. The van der Waals surface area contributed by atoms with Crippen molar-refractivity contribution >= 4 is 39.1 Å². The van der Waals surface area contributed by atoms with Gasteiger partial charge in [-0.3, -0.25) is 9.59 Å². The van der Waals surface area contributed by atoms with Crippen molar-refractivity contribution in [3.8, 4) is 0 Å². The maximum absolute atomic E-state index is 13.2. The van der Waals surface area contributed by atoms with Crippen LogP contribution in [-0.2, 0) is 39.0 Å². The number of amides is 2. The molecular formula is C25H24ClN3O4S. The van der Waals surface area contributed by atoms with E-state index in [2.05, 4.69) is 15.4 Å². The van der Waals surface area contributed by atoms with Gasteiger partial charge in [-0.2, -0.15) is 4.72 Å².